The first-order valence-corrected chi connectivity index (χ1v) is 19.9. The molecule has 0 radical (unpaired) electrons. The SMILES string of the molecule is CC1(C)c2ccccc2-c2ccc(N(c3cccc(-c4cc5c6c(c4)C(C)(C)c4ccccc4N6c4ccccc4O5)c3)c3ccccc3-c3ccccc3)cc21. The van der Waals surface area contributed by atoms with Gasteiger partial charge in [0.25, 0.3) is 0 Å². The maximum absolute atomic E-state index is 6.81. The number of hydrogen-bond acceptors (Lipinski definition) is 3. The maximum Gasteiger partial charge on any atom is 0.152 e. The third-order valence-electron chi connectivity index (χ3n) is 12.6. The highest BCUT2D eigenvalue weighted by Gasteiger charge is 2.42. The molecule has 0 N–H and O–H groups in total. The van der Waals surface area contributed by atoms with Crippen LogP contribution in [0.3, 0.4) is 0 Å². The molecule has 0 aromatic heterocycles. The molecule has 0 saturated heterocycles. The highest BCUT2D eigenvalue weighted by Crippen LogP contribution is 2.61. The minimum atomic E-state index is -0.254. The van der Waals surface area contributed by atoms with Crippen molar-refractivity contribution in [2.24, 2.45) is 0 Å². The van der Waals surface area contributed by atoms with Crippen LogP contribution in [0.15, 0.2) is 182 Å². The molecule has 3 aliphatic rings. The zero-order valence-corrected chi connectivity index (χ0v) is 32.6. The van der Waals surface area contributed by atoms with Gasteiger partial charge < -0.3 is 14.5 Å². The summed E-state index contributed by atoms with van der Waals surface area (Å²) in [5, 5.41) is 0. The molecule has 3 nitrogen and oxygen atoms in total. The Morgan fingerprint density at radius 1 is 0.404 bits per heavy atom. The summed E-state index contributed by atoms with van der Waals surface area (Å²) in [6, 6.07) is 66.3. The third-order valence-corrected chi connectivity index (χ3v) is 12.6. The lowest BCUT2D eigenvalue weighted by molar-refractivity contribution is 0.471. The summed E-state index contributed by atoms with van der Waals surface area (Å²) >= 11 is 0. The smallest absolute Gasteiger partial charge is 0.152 e. The number of ether oxygens (including phenoxy) is 1. The van der Waals surface area contributed by atoms with Gasteiger partial charge in [0.05, 0.1) is 22.7 Å². The first-order chi connectivity index (χ1) is 27.8. The van der Waals surface area contributed by atoms with E-state index in [4.69, 9.17) is 4.74 Å². The fraction of sp³-hybridized carbons (Fsp3) is 0.111. The largest absolute Gasteiger partial charge is 0.453 e. The monoisotopic (exact) mass is 734 g/mol. The Kier molecular flexibility index (Phi) is 7.25. The van der Waals surface area contributed by atoms with E-state index < -0.39 is 0 Å². The Labute approximate surface area is 335 Å². The number of rotatable bonds is 5. The van der Waals surface area contributed by atoms with Crippen LogP contribution in [-0.2, 0) is 10.8 Å². The highest BCUT2D eigenvalue weighted by atomic mass is 16.5. The minimum Gasteiger partial charge on any atom is -0.453 e. The molecule has 0 unspecified atom stereocenters. The van der Waals surface area contributed by atoms with Crippen molar-refractivity contribution in [2.45, 2.75) is 38.5 Å². The van der Waals surface area contributed by atoms with Crippen molar-refractivity contribution in [1.82, 2.24) is 0 Å². The average molecular weight is 735 g/mol. The molecule has 274 valence electrons. The van der Waals surface area contributed by atoms with Gasteiger partial charge in [-0.1, -0.05) is 149 Å². The van der Waals surface area contributed by atoms with Crippen molar-refractivity contribution in [1.29, 1.82) is 0 Å². The molecule has 8 aromatic rings. The normalized spacial score (nSPS) is 14.7. The molecule has 0 saturated carbocycles. The van der Waals surface area contributed by atoms with Gasteiger partial charge >= 0.3 is 0 Å². The molecule has 0 bridgehead atoms. The Bertz CT molecular complexity index is 2900. The van der Waals surface area contributed by atoms with Crippen LogP contribution >= 0.6 is 0 Å². The summed E-state index contributed by atoms with van der Waals surface area (Å²) < 4.78 is 6.81. The van der Waals surface area contributed by atoms with Crippen LogP contribution in [-0.4, -0.2) is 0 Å². The molecule has 2 heterocycles. The van der Waals surface area contributed by atoms with E-state index in [0.29, 0.717) is 0 Å². The number of para-hydroxylation sites is 4. The molecule has 0 spiro atoms. The van der Waals surface area contributed by atoms with Crippen molar-refractivity contribution in [2.75, 3.05) is 9.80 Å². The second kappa shape index (κ2) is 12.3. The summed E-state index contributed by atoms with van der Waals surface area (Å²) in [5.41, 5.74) is 18.9. The Hall–Kier alpha value is -6.84. The Balaban J connectivity index is 1.11. The summed E-state index contributed by atoms with van der Waals surface area (Å²) in [4.78, 5) is 4.85. The summed E-state index contributed by atoms with van der Waals surface area (Å²) in [5.74, 6) is 1.74. The summed E-state index contributed by atoms with van der Waals surface area (Å²) in [7, 11) is 0. The van der Waals surface area contributed by atoms with E-state index in [0.717, 1.165) is 51.1 Å². The second-order valence-corrected chi connectivity index (χ2v) is 16.6. The fourth-order valence-electron chi connectivity index (χ4n) is 9.73. The summed E-state index contributed by atoms with van der Waals surface area (Å²) in [6.07, 6.45) is 0. The van der Waals surface area contributed by atoms with Crippen LogP contribution in [0.1, 0.15) is 49.9 Å². The first-order valence-electron chi connectivity index (χ1n) is 19.9. The molecular formula is C54H42N2O. The van der Waals surface area contributed by atoms with Gasteiger partial charge in [-0.3, -0.25) is 0 Å². The standard InChI is InChI=1S/C54H42N2O/c1-53(2)43-23-10-8-22-41(43)42-30-29-39(34-45(42)53)55(47-25-12-9-21-40(47)35-17-6-5-7-18-35)38-20-16-19-36(31-38)37-32-46-52-51(33-37)57-50-28-15-14-27-49(50)56(52)48-26-13-11-24-44(48)54(46,3)4/h5-34H,1-4H3. The Morgan fingerprint density at radius 2 is 1.04 bits per heavy atom. The highest BCUT2D eigenvalue weighted by molar-refractivity contribution is 5.96. The predicted octanol–water partition coefficient (Wildman–Crippen LogP) is 15.0. The van der Waals surface area contributed by atoms with Gasteiger partial charge in [0.15, 0.2) is 11.5 Å². The van der Waals surface area contributed by atoms with Crippen molar-refractivity contribution < 1.29 is 4.74 Å². The molecule has 11 rings (SSSR count). The summed E-state index contributed by atoms with van der Waals surface area (Å²) in [6.45, 7) is 9.40. The van der Waals surface area contributed by atoms with Crippen molar-refractivity contribution in [3.8, 4) is 44.9 Å². The lowest BCUT2D eigenvalue weighted by atomic mass is 9.72. The number of nitrogens with zero attached hydrogens (tertiary/aromatic N) is 2. The lowest BCUT2D eigenvalue weighted by Gasteiger charge is -2.45. The van der Waals surface area contributed by atoms with Gasteiger partial charge in [0.1, 0.15) is 0 Å². The molecule has 3 heteroatoms. The molecule has 57 heavy (non-hydrogen) atoms. The molecule has 2 aliphatic heterocycles. The van der Waals surface area contributed by atoms with E-state index >= 15 is 0 Å². The van der Waals surface area contributed by atoms with Crippen LogP contribution in [0.2, 0.25) is 0 Å². The van der Waals surface area contributed by atoms with Crippen LogP contribution in [0, 0.1) is 0 Å². The number of benzene rings is 8. The maximum atomic E-state index is 6.81. The van der Waals surface area contributed by atoms with Crippen molar-refractivity contribution >= 4 is 34.1 Å². The zero-order valence-electron chi connectivity index (χ0n) is 32.6. The van der Waals surface area contributed by atoms with Gasteiger partial charge in [-0.25, -0.2) is 0 Å². The minimum absolute atomic E-state index is 0.128. The van der Waals surface area contributed by atoms with Gasteiger partial charge in [-0.15, -0.1) is 0 Å². The van der Waals surface area contributed by atoms with E-state index in [1.54, 1.807) is 0 Å². The lowest BCUT2D eigenvalue weighted by Crippen LogP contribution is -2.32. The number of fused-ring (bicyclic) bond motifs is 7. The van der Waals surface area contributed by atoms with Gasteiger partial charge in [-0.2, -0.15) is 0 Å². The molecule has 1 aliphatic carbocycles. The van der Waals surface area contributed by atoms with Gasteiger partial charge in [0.2, 0.25) is 0 Å². The van der Waals surface area contributed by atoms with Crippen molar-refractivity contribution in [3.63, 3.8) is 0 Å². The molecule has 0 fully saturated rings. The zero-order chi connectivity index (χ0) is 38.5. The third kappa shape index (κ3) is 4.98. The van der Waals surface area contributed by atoms with Gasteiger partial charge in [-0.05, 0) is 111 Å². The Morgan fingerprint density at radius 3 is 1.88 bits per heavy atom. The van der Waals surface area contributed by atoms with Crippen LogP contribution in [0.5, 0.6) is 11.5 Å². The van der Waals surface area contributed by atoms with Crippen LogP contribution < -0.4 is 14.5 Å². The fourth-order valence-corrected chi connectivity index (χ4v) is 9.73. The van der Waals surface area contributed by atoms with Crippen molar-refractivity contribution in [3.05, 3.63) is 204 Å². The van der Waals surface area contributed by atoms with Crippen LogP contribution in [0.25, 0.3) is 33.4 Å². The first kappa shape index (κ1) is 33.5. The van der Waals surface area contributed by atoms with E-state index in [2.05, 4.69) is 219 Å². The topological polar surface area (TPSA) is 15.7 Å². The van der Waals surface area contributed by atoms with Crippen LogP contribution in [0.4, 0.5) is 34.1 Å². The molecule has 0 amide bonds. The van der Waals surface area contributed by atoms with Gasteiger partial charge in [0, 0.05) is 27.8 Å². The van der Waals surface area contributed by atoms with E-state index in [9.17, 15) is 0 Å². The molecule has 8 aromatic carbocycles. The average Bonchev–Trinajstić information content (AvgIpc) is 3.48. The number of anilines is 6. The molecular weight excluding hydrogens is 693 g/mol. The quantitative estimate of drug-likeness (QED) is 0.175. The second-order valence-electron chi connectivity index (χ2n) is 16.6. The molecule has 0 atom stereocenters. The number of hydrogen-bond donors (Lipinski definition) is 0. The van der Waals surface area contributed by atoms with E-state index in [-0.39, 0.29) is 10.8 Å². The predicted molar refractivity (Wildman–Crippen MR) is 236 cm³/mol. The van der Waals surface area contributed by atoms with E-state index in [1.807, 2.05) is 0 Å². The van der Waals surface area contributed by atoms with E-state index in [1.165, 1.54) is 50.2 Å².